The standard InChI is InChI=1S/C14H23N3O4/c1-9-6-15-4-2-3-10(15)7-16(9)14(21)17-8-11(18)5-12(17)13(19)20/h9-12,18H,2-8H2,1H3,(H,19,20)/t9?,10?,11-,12-/m1/s1. The van der Waals surface area contributed by atoms with E-state index in [9.17, 15) is 19.8 Å². The average molecular weight is 297 g/mol. The van der Waals surface area contributed by atoms with Crippen LogP contribution in [0.5, 0.6) is 0 Å². The lowest BCUT2D eigenvalue weighted by Crippen LogP contribution is -2.60. The van der Waals surface area contributed by atoms with E-state index in [0.717, 1.165) is 19.5 Å². The normalized spacial score (nSPS) is 36.9. The van der Waals surface area contributed by atoms with E-state index in [0.29, 0.717) is 12.6 Å². The maximum atomic E-state index is 12.7. The van der Waals surface area contributed by atoms with Gasteiger partial charge in [0.1, 0.15) is 6.04 Å². The number of hydrogen-bond acceptors (Lipinski definition) is 4. The van der Waals surface area contributed by atoms with E-state index in [1.54, 1.807) is 4.90 Å². The van der Waals surface area contributed by atoms with Crippen LogP contribution in [0.4, 0.5) is 4.79 Å². The van der Waals surface area contributed by atoms with Crippen molar-refractivity contribution in [2.45, 2.75) is 50.4 Å². The molecule has 0 spiro atoms. The number of hydrogen-bond donors (Lipinski definition) is 2. The van der Waals surface area contributed by atoms with E-state index < -0.39 is 18.1 Å². The third-order valence-corrected chi connectivity index (χ3v) is 4.99. The summed E-state index contributed by atoms with van der Waals surface area (Å²) in [5.41, 5.74) is 0. The van der Waals surface area contributed by atoms with Gasteiger partial charge in [-0.15, -0.1) is 0 Å². The van der Waals surface area contributed by atoms with Gasteiger partial charge in [-0.1, -0.05) is 0 Å². The van der Waals surface area contributed by atoms with Crippen molar-refractivity contribution in [3.05, 3.63) is 0 Å². The molecule has 2 N–H and O–H groups in total. The van der Waals surface area contributed by atoms with Gasteiger partial charge >= 0.3 is 12.0 Å². The highest BCUT2D eigenvalue weighted by molar-refractivity contribution is 5.83. The number of aliphatic carboxylic acids is 1. The van der Waals surface area contributed by atoms with Crippen LogP contribution in [0.25, 0.3) is 0 Å². The Morgan fingerprint density at radius 3 is 2.62 bits per heavy atom. The van der Waals surface area contributed by atoms with E-state index in [4.69, 9.17) is 0 Å². The van der Waals surface area contributed by atoms with Crippen LogP contribution in [0, 0.1) is 0 Å². The molecule has 3 fully saturated rings. The number of piperazine rings is 1. The SMILES string of the molecule is CC1CN2CCCC2CN1C(=O)N1C[C@H](O)C[C@@H]1C(=O)O. The molecule has 0 aromatic heterocycles. The van der Waals surface area contributed by atoms with Gasteiger partial charge in [-0.3, -0.25) is 4.90 Å². The second-order valence-corrected chi connectivity index (χ2v) is 6.47. The number of fused-ring (bicyclic) bond motifs is 1. The number of carboxylic acid groups (broad SMARTS) is 1. The Morgan fingerprint density at radius 2 is 1.90 bits per heavy atom. The fourth-order valence-electron chi connectivity index (χ4n) is 3.88. The van der Waals surface area contributed by atoms with Crippen molar-refractivity contribution >= 4 is 12.0 Å². The molecule has 0 saturated carbocycles. The van der Waals surface area contributed by atoms with Gasteiger partial charge in [-0.25, -0.2) is 9.59 Å². The maximum Gasteiger partial charge on any atom is 0.326 e. The molecule has 0 bridgehead atoms. The van der Waals surface area contributed by atoms with E-state index in [-0.39, 0.29) is 25.0 Å². The monoisotopic (exact) mass is 297 g/mol. The van der Waals surface area contributed by atoms with Gasteiger partial charge in [0.15, 0.2) is 0 Å². The Kier molecular flexibility index (Phi) is 3.79. The number of carboxylic acids is 1. The first kappa shape index (κ1) is 14.6. The van der Waals surface area contributed by atoms with Crippen LogP contribution in [-0.2, 0) is 4.79 Å². The number of likely N-dealkylation sites (tertiary alicyclic amines) is 1. The molecule has 118 valence electrons. The lowest BCUT2D eigenvalue weighted by Gasteiger charge is -2.44. The number of nitrogens with zero attached hydrogens (tertiary/aromatic N) is 3. The summed E-state index contributed by atoms with van der Waals surface area (Å²) in [7, 11) is 0. The minimum absolute atomic E-state index is 0.0824. The van der Waals surface area contributed by atoms with Crippen LogP contribution in [0.1, 0.15) is 26.2 Å². The second kappa shape index (κ2) is 5.46. The van der Waals surface area contributed by atoms with Gasteiger partial charge in [-0.2, -0.15) is 0 Å². The van der Waals surface area contributed by atoms with Crippen LogP contribution in [0.2, 0.25) is 0 Å². The second-order valence-electron chi connectivity index (χ2n) is 6.47. The summed E-state index contributed by atoms with van der Waals surface area (Å²) in [6, 6.07) is -0.653. The number of β-amino-alcohol motifs (C(OH)–C–C–N with tert-alkyl or cyclic N) is 1. The third-order valence-electron chi connectivity index (χ3n) is 4.99. The minimum atomic E-state index is -1.04. The van der Waals surface area contributed by atoms with Gasteiger partial charge in [0, 0.05) is 38.1 Å². The van der Waals surface area contributed by atoms with Gasteiger partial charge in [0.25, 0.3) is 0 Å². The highest BCUT2D eigenvalue weighted by Crippen LogP contribution is 2.27. The number of aliphatic hydroxyl groups excluding tert-OH is 1. The Morgan fingerprint density at radius 1 is 1.14 bits per heavy atom. The molecule has 3 rings (SSSR count). The summed E-state index contributed by atoms with van der Waals surface area (Å²) in [6.45, 7) is 4.74. The van der Waals surface area contributed by atoms with Gasteiger partial charge in [-0.05, 0) is 26.3 Å². The van der Waals surface area contributed by atoms with Crippen molar-refractivity contribution in [2.24, 2.45) is 0 Å². The molecule has 0 aromatic rings. The first-order valence-electron chi connectivity index (χ1n) is 7.69. The van der Waals surface area contributed by atoms with E-state index in [1.165, 1.54) is 11.3 Å². The lowest BCUT2D eigenvalue weighted by molar-refractivity contribution is -0.141. The molecule has 3 heterocycles. The third kappa shape index (κ3) is 2.60. The van der Waals surface area contributed by atoms with Crippen molar-refractivity contribution in [1.29, 1.82) is 0 Å². The zero-order valence-corrected chi connectivity index (χ0v) is 12.3. The topological polar surface area (TPSA) is 84.3 Å². The summed E-state index contributed by atoms with van der Waals surface area (Å²) < 4.78 is 0. The van der Waals surface area contributed by atoms with Gasteiger partial charge in [0.2, 0.25) is 0 Å². The van der Waals surface area contributed by atoms with Crippen molar-refractivity contribution in [3.8, 4) is 0 Å². The molecule has 2 amide bonds. The zero-order chi connectivity index (χ0) is 15.1. The highest BCUT2D eigenvalue weighted by Gasteiger charge is 2.44. The highest BCUT2D eigenvalue weighted by atomic mass is 16.4. The Bertz CT molecular complexity index is 444. The van der Waals surface area contributed by atoms with Crippen molar-refractivity contribution in [1.82, 2.24) is 14.7 Å². The summed E-state index contributed by atoms with van der Waals surface area (Å²) in [5, 5.41) is 18.9. The van der Waals surface area contributed by atoms with E-state index >= 15 is 0 Å². The first-order valence-corrected chi connectivity index (χ1v) is 7.69. The van der Waals surface area contributed by atoms with Gasteiger partial charge < -0.3 is 20.0 Å². The summed E-state index contributed by atoms with van der Waals surface area (Å²) in [4.78, 5) is 29.5. The van der Waals surface area contributed by atoms with Crippen molar-refractivity contribution < 1.29 is 19.8 Å². The number of aliphatic hydroxyl groups is 1. The van der Waals surface area contributed by atoms with Crippen LogP contribution < -0.4 is 0 Å². The molecule has 4 atom stereocenters. The number of rotatable bonds is 1. The molecule has 0 aliphatic carbocycles. The quantitative estimate of drug-likeness (QED) is 0.700. The Hall–Kier alpha value is -1.34. The molecule has 0 aromatic carbocycles. The number of urea groups is 1. The Balaban J connectivity index is 1.73. The molecule has 3 aliphatic rings. The number of amides is 2. The molecule has 3 aliphatic heterocycles. The molecule has 21 heavy (non-hydrogen) atoms. The number of carbonyl (C=O) groups is 2. The first-order chi connectivity index (χ1) is 9.97. The molecule has 7 heteroatoms. The molecule has 2 unspecified atom stereocenters. The molecular weight excluding hydrogens is 274 g/mol. The molecular formula is C14H23N3O4. The molecule has 0 radical (unpaired) electrons. The fraction of sp³-hybridized carbons (Fsp3) is 0.857. The van der Waals surface area contributed by atoms with Crippen LogP contribution in [0.3, 0.4) is 0 Å². The molecule has 3 saturated heterocycles. The largest absolute Gasteiger partial charge is 0.480 e. The fourth-order valence-corrected chi connectivity index (χ4v) is 3.88. The summed E-state index contributed by atoms with van der Waals surface area (Å²) in [6.07, 6.45) is 1.65. The lowest BCUT2D eigenvalue weighted by atomic mass is 10.1. The van der Waals surface area contributed by atoms with Crippen LogP contribution >= 0.6 is 0 Å². The van der Waals surface area contributed by atoms with E-state index in [1.807, 2.05) is 6.92 Å². The predicted octanol–water partition coefficient (Wildman–Crippen LogP) is -0.205. The predicted molar refractivity (Wildman–Crippen MR) is 74.9 cm³/mol. The van der Waals surface area contributed by atoms with Crippen LogP contribution in [-0.4, -0.2) is 87.3 Å². The van der Waals surface area contributed by atoms with Crippen molar-refractivity contribution in [3.63, 3.8) is 0 Å². The molecule has 7 nitrogen and oxygen atoms in total. The van der Waals surface area contributed by atoms with Crippen molar-refractivity contribution in [2.75, 3.05) is 26.2 Å². The number of carbonyl (C=O) groups excluding carboxylic acids is 1. The van der Waals surface area contributed by atoms with Gasteiger partial charge in [0.05, 0.1) is 6.10 Å². The van der Waals surface area contributed by atoms with E-state index in [2.05, 4.69) is 4.90 Å². The summed E-state index contributed by atoms with van der Waals surface area (Å²) in [5.74, 6) is -1.04. The smallest absolute Gasteiger partial charge is 0.326 e. The average Bonchev–Trinajstić information content (AvgIpc) is 3.02. The maximum absolute atomic E-state index is 12.7. The summed E-state index contributed by atoms with van der Waals surface area (Å²) >= 11 is 0. The Labute approximate surface area is 124 Å². The van der Waals surface area contributed by atoms with Crippen LogP contribution in [0.15, 0.2) is 0 Å². The zero-order valence-electron chi connectivity index (χ0n) is 12.3. The minimum Gasteiger partial charge on any atom is -0.480 e.